The molecule has 1 N–H and O–H groups in total. The van der Waals surface area contributed by atoms with Gasteiger partial charge in [0.05, 0.1) is 0 Å². The van der Waals surface area contributed by atoms with Crippen LogP contribution in [-0.4, -0.2) is 36.8 Å². The van der Waals surface area contributed by atoms with E-state index in [2.05, 4.69) is 10.3 Å². The number of carbonyl (C=O) groups is 1. The number of nitrogens with zero attached hydrogens (tertiary/aromatic N) is 2. The van der Waals surface area contributed by atoms with Crippen LogP contribution in [0, 0.1) is 5.92 Å². The van der Waals surface area contributed by atoms with Gasteiger partial charge in [-0.2, -0.15) is 0 Å². The fourth-order valence-corrected chi connectivity index (χ4v) is 1.98. The Morgan fingerprint density at radius 1 is 1.45 bits per heavy atom. The van der Waals surface area contributed by atoms with Crippen molar-refractivity contribution in [1.82, 2.24) is 10.3 Å². The Hall–Kier alpha value is -1.62. The van der Waals surface area contributed by atoms with Gasteiger partial charge in [0.25, 0.3) is 0 Å². The topological polar surface area (TPSA) is 54.5 Å². The predicted octanol–water partition coefficient (Wildman–Crippen LogP) is 2.21. The van der Waals surface area contributed by atoms with E-state index in [1.165, 1.54) is 4.90 Å². The van der Waals surface area contributed by atoms with E-state index in [-0.39, 0.29) is 6.09 Å². The third-order valence-electron chi connectivity index (χ3n) is 3.17. The highest BCUT2D eigenvalue weighted by atomic mass is 16.6. The monoisotopic (exact) mass is 277 g/mol. The van der Waals surface area contributed by atoms with Crippen molar-refractivity contribution >= 4 is 11.9 Å². The molecule has 110 valence electrons. The van der Waals surface area contributed by atoms with E-state index < -0.39 is 5.60 Å². The van der Waals surface area contributed by atoms with E-state index in [0.29, 0.717) is 11.7 Å². The van der Waals surface area contributed by atoms with E-state index >= 15 is 0 Å². The van der Waals surface area contributed by atoms with Gasteiger partial charge in [-0.1, -0.05) is 6.07 Å². The summed E-state index contributed by atoms with van der Waals surface area (Å²) in [6.45, 7) is 7.66. The number of pyridine rings is 1. The van der Waals surface area contributed by atoms with Crippen molar-refractivity contribution in [3.63, 3.8) is 0 Å². The van der Waals surface area contributed by atoms with Crippen molar-refractivity contribution in [1.29, 1.82) is 0 Å². The van der Waals surface area contributed by atoms with Crippen LogP contribution in [0.2, 0.25) is 0 Å². The minimum absolute atomic E-state index is 0.382. The van der Waals surface area contributed by atoms with Crippen LogP contribution in [0.1, 0.15) is 26.5 Å². The maximum absolute atomic E-state index is 12.0. The van der Waals surface area contributed by atoms with Gasteiger partial charge in [0.2, 0.25) is 0 Å². The van der Waals surface area contributed by atoms with Crippen LogP contribution in [-0.2, 0) is 11.2 Å². The smallest absolute Gasteiger partial charge is 0.415 e. The molecule has 0 saturated carbocycles. The summed E-state index contributed by atoms with van der Waals surface area (Å²) < 4.78 is 5.34. The van der Waals surface area contributed by atoms with Crippen LogP contribution >= 0.6 is 0 Å². The molecule has 1 aliphatic rings. The van der Waals surface area contributed by atoms with Gasteiger partial charge in [-0.25, -0.2) is 9.78 Å². The summed E-state index contributed by atoms with van der Waals surface area (Å²) in [6, 6.07) is 5.77. The normalized spacial score (nSPS) is 15.6. The van der Waals surface area contributed by atoms with Gasteiger partial charge >= 0.3 is 6.09 Å². The van der Waals surface area contributed by atoms with Crippen LogP contribution in [0.5, 0.6) is 0 Å². The van der Waals surface area contributed by atoms with E-state index in [9.17, 15) is 4.79 Å². The lowest BCUT2D eigenvalue weighted by molar-refractivity contribution is 0.0588. The van der Waals surface area contributed by atoms with E-state index in [1.54, 1.807) is 7.05 Å². The number of nitrogens with one attached hydrogen (secondary N) is 1. The Kier molecular flexibility index (Phi) is 4.28. The van der Waals surface area contributed by atoms with Gasteiger partial charge < -0.3 is 10.1 Å². The van der Waals surface area contributed by atoms with Crippen molar-refractivity contribution < 1.29 is 9.53 Å². The zero-order chi connectivity index (χ0) is 14.8. The zero-order valence-electron chi connectivity index (χ0n) is 12.6. The maximum atomic E-state index is 12.0. The molecular weight excluding hydrogens is 254 g/mol. The number of ether oxygens (including phenoxy) is 1. The average Bonchev–Trinajstić information content (AvgIpc) is 2.31. The van der Waals surface area contributed by atoms with Gasteiger partial charge in [-0.3, -0.25) is 4.90 Å². The second-order valence-electron chi connectivity index (χ2n) is 6.25. The molecule has 0 unspecified atom stereocenters. The first-order valence-corrected chi connectivity index (χ1v) is 6.98. The molecule has 1 amide bonds. The molecule has 1 aromatic heterocycles. The Labute approximate surface area is 120 Å². The van der Waals surface area contributed by atoms with Crippen molar-refractivity contribution in [2.45, 2.75) is 32.8 Å². The highest BCUT2D eigenvalue weighted by Crippen LogP contribution is 2.17. The van der Waals surface area contributed by atoms with Crippen LogP contribution in [0.3, 0.4) is 0 Å². The summed E-state index contributed by atoms with van der Waals surface area (Å²) in [5.74, 6) is 1.29. The van der Waals surface area contributed by atoms with Crippen molar-refractivity contribution in [2.24, 2.45) is 5.92 Å². The van der Waals surface area contributed by atoms with Crippen LogP contribution in [0.25, 0.3) is 0 Å². The predicted molar refractivity (Wildman–Crippen MR) is 78.9 cm³/mol. The number of aromatic nitrogens is 1. The van der Waals surface area contributed by atoms with Crippen LogP contribution in [0.4, 0.5) is 10.6 Å². The third kappa shape index (κ3) is 3.93. The zero-order valence-corrected chi connectivity index (χ0v) is 12.6. The first kappa shape index (κ1) is 14.8. The van der Waals surface area contributed by atoms with Crippen molar-refractivity contribution in [3.8, 4) is 0 Å². The number of hydrogen-bond acceptors (Lipinski definition) is 4. The molecule has 2 rings (SSSR count). The number of amides is 1. The molecule has 5 nitrogen and oxygen atoms in total. The number of anilines is 1. The Bertz CT molecular complexity index is 478. The summed E-state index contributed by atoms with van der Waals surface area (Å²) in [6.07, 6.45) is 0.565. The quantitative estimate of drug-likeness (QED) is 0.920. The molecule has 0 radical (unpaired) electrons. The van der Waals surface area contributed by atoms with E-state index in [0.717, 1.165) is 25.2 Å². The molecule has 0 aromatic carbocycles. The van der Waals surface area contributed by atoms with Gasteiger partial charge in [-0.05, 0) is 58.3 Å². The second-order valence-corrected chi connectivity index (χ2v) is 6.25. The minimum Gasteiger partial charge on any atom is -0.443 e. The summed E-state index contributed by atoms with van der Waals surface area (Å²) in [4.78, 5) is 18.0. The SMILES string of the molecule is CN(C(=O)OC(C)(C)C)c1cccc(CC2CNC2)n1. The lowest BCUT2D eigenvalue weighted by Crippen LogP contribution is -2.43. The largest absolute Gasteiger partial charge is 0.443 e. The average molecular weight is 277 g/mol. The number of hydrogen-bond donors (Lipinski definition) is 1. The highest BCUT2D eigenvalue weighted by Gasteiger charge is 2.22. The Balaban J connectivity index is 2.03. The molecule has 5 heteroatoms. The van der Waals surface area contributed by atoms with E-state index in [4.69, 9.17) is 4.74 Å². The lowest BCUT2D eigenvalue weighted by atomic mass is 9.97. The Morgan fingerprint density at radius 3 is 2.70 bits per heavy atom. The first-order valence-electron chi connectivity index (χ1n) is 6.98. The number of carbonyl (C=O) groups excluding carboxylic acids is 1. The first-order chi connectivity index (χ1) is 9.35. The molecule has 1 saturated heterocycles. The summed E-state index contributed by atoms with van der Waals surface area (Å²) in [5.41, 5.74) is 0.519. The molecule has 0 aliphatic carbocycles. The molecule has 2 heterocycles. The second kappa shape index (κ2) is 5.79. The molecule has 20 heavy (non-hydrogen) atoms. The minimum atomic E-state index is -0.499. The van der Waals surface area contributed by atoms with Gasteiger partial charge in [-0.15, -0.1) is 0 Å². The van der Waals surface area contributed by atoms with Crippen LogP contribution < -0.4 is 10.2 Å². The summed E-state index contributed by atoms with van der Waals surface area (Å²) in [7, 11) is 1.69. The van der Waals surface area contributed by atoms with Crippen molar-refractivity contribution in [2.75, 3.05) is 25.0 Å². The van der Waals surface area contributed by atoms with Gasteiger partial charge in [0, 0.05) is 12.7 Å². The molecular formula is C15H23N3O2. The fourth-order valence-electron chi connectivity index (χ4n) is 1.98. The fraction of sp³-hybridized carbons (Fsp3) is 0.600. The molecule has 1 aliphatic heterocycles. The lowest BCUT2D eigenvalue weighted by Gasteiger charge is -2.27. The summed E-state index contributed by atoms with van der Waals surface area (Å²) >= 11 is 0. The molecule has 0 bridgehead atoms. The molecule has 0 atom stereocenters. The maximum Gasteiger partial charge on any atom is 0.415 e. The number of rotatable bonds is 3. The molecule has 0 spiro atoms. The Morgan fingerprint density at radius 2 is 2.15 bits per heavy atom. The van der Waals surface area contributed by atoms with Gasteiger partial charge in [0.15, 0.2) is 0 Å². The van der Waals surface area contributed by atoms with E-state index in [1.807, 2.05) is 39.0 Å². The third-order valence-corrected chi connectivity index (χ3v) is 3.17. The summed E-state index contributed by atoms with van der Waals surface area (Å²) in [5, 5.41) is 3.25. The van der Waals surface area contributed by atoms with Gasteiger partial charge in [0.1, 0.15) is 11.4 Å². The highest BCUT2D eigenvalue weighted by molar-refractivity contribution is 5.85. The molecule has 1 fully saturated rings. The van der Waals surface area contributed by atoms with Crippen LogP contribution in [0.15, 0.2) is 18.2 Å². The van der Waals surface area contributed by atoms with Crippen molar-refractivity contribution in [3.05, 3.63) is 23.9 Å². The molecule has 1 aromatic rings. The standard InChI is InChI=1S/C15H23N3O2/c1-15(2,3)20-14(19)18(4)13-7-5-6-12(17-13)8-11-9-16-10-11/h5-7,11,16H,8-10H2,1-4H3.